The van der Waals surface area contributed by atoms with Gasteiger partial charge in [-0.05, 0) is 55.2 Å². The molecule has 0 fully saturated rings. The van der Waals surface area contributed by atoms with Crippen LogP contribution in [-0.2, 0) is 19.4 Å². The monoisotopic (exact) mass is 459 g/mol. The summed E-state index contributed by atoms with van der Waals surface area (Å²) >= 11 is 0. The lowest BCUT2D eigenvalue weighted by molar-refractivity contribution is -0.141. The van der Waals surface area contributed by atoms with Gasteiger partial charge < -0.3 is 14.7 Å². The normalized spacial score (nSPS) is 11.6. The molecule has 0 aliphatic rings. The number of carbonyl (C=O) groups excluding carboxylic acids is 1. The maximum Gasteiger partial charge on any atom is 0.325 e. The largest absolute Gasteiger partial charge is 0.465 e. The zero-order valence-electron chi connectivity index (χ0n) is 18.9. The van der Waals surface area contributed by atoms with E-state index in [0.717, 1.165) is 29.7 Å². The van der Waals surface area contributed by atoms with E-state index >= 15 is 0 Å². The van der Waals surface area contributed by atoms with Crippen LogP contribution in [0.15, 0.2) is 53.4 Å². The van der Waals surface area contributed by atoms with Gasteiger partial charge in [0.1, 0.15) is 6.54 Å². The smallest absolute Gasteiger partial charge is 0.325 e. The first-order chi connectivity index (χ1) is 15.4. The van der Waals surface area contributed by atoms with Crippen LogP contribution in [0.4, 0.5) is 5.69 Å². The van der Waals surface area contributed by atoms with Crippen molar-refractivity contribution in [1.82, 2.24) is 0 Å². The first-order valence-corrected chi connectivity index (χ1v) is 12.6. The number of likely N-dealkylation sites (N-methyl/N-ethyl adjacent to an activating group) is 1. The standard InChI is InChI=1S/C25H33NO5S/c1-3-31-25(28)20-26(2)23-14-10-21(11-15-23)8-9-22-12-16-24(17-13-22)32(29,30)19-7-5-4-6-18-27/h8-17,27H,3-7,18-20H2,1-2H3/b9-8+. The first kappa shape index (κ1) is 25.6. The number of anilines is 1. The van der Waals surface area contributed by atoms with Crippen LogP contribution in [-0.4, -0.2) is 52.1 Å². The minimum Gasteiger partial charge on any atom is -0.465 e. The zero-order valence-corrected chi connectivity index (χ0v) is 19.7. The second kappa shape index (κ2) is 13.0. The Bertz CT molecular complexity index is 966. The van der Waals surface area contributed by atoms with Crippen LogP contribution in [0.2, 0.25) is 0 Å². The zero-order chi connectivity index (χ0) is 23.4. The van der Waals surface area contributed by atoms with Crippen LogP contribution in [0.5, 0.6) is 0 Å². The molecule has 0 saturated carbocycles. The van der Waals surface area contributed by atoms with Gasteiger partial charge in [-0.2, -0.15) is 0 Å². The van der Waals surface area contributed by atoms with Gasteiger partial charge in [-0.25, -0.2) is 8.42 Å². The van der Waals surface area contributed by atoms with Crippen molar-refractivity contribution >= 4 is 33.6 Å². The van der Waals surface area contributed by atoms with E-state index in [0.29, 0.717) is 24.3 Å². The summed E-state index contributed by atoms with van der Waals surface area (Å²) in [6, 6.07) is 14.7. The molecule has 32 heavy (non-hydrogen) atoms. The van der Waals surface area contributed by atoms with E-state index in [2.05, 4.69) is 0 Å². The molecule has 0 unspecified atom stereocenters. The number of nitrogens with zero attached hydrogens (tertiary/aromatic N) is 1. The van der Waals surface area contributed by atoms with Crippen molar-refractivity contribution in [3.8, 4) is 0 Å². The molecule has 0 atom stereocenters. The molecule has 0 bridgehead atoms. The number of ether oxygens (including phenoxy) is 1. The number of carbonyl (C=O) groups is 1. The van der Waals surface area contributed by atoms with E-state index in [1.807, 2.05) is 48.4 Å². The highest BCUT2D eigenvalue weighted by Gasteiger charge is 2.13. The molecule has 0 aliphatic heterocycles. The Morgan fingerprint density at radius 3 is 2.06 bits per heavy atom. The maximum atomic E-state index is 12.4. The van der Waals surface area contributed by atoms with Crippen LogP contribution in [0.1, 0.15) is 43.7 Å². The molecule has 7 heteroatoms. The lowest BCUT2D eigenvalue weighted by Gasteiger charge is -2.18. The molecule has 0 amide bonds. The third kappa shape index (κ3) is 8.48. The molecule has 2 aromatic rings. The summed E-state index contributed by atoms with van der Waals surface area (Å²) in [6.07, 6.45) is 6.86. The Balaban J connectivity index is 1.92. The van der Waals surface area contributed by atoms with Gasteiger partial charge in [0.05, 0.1) is 17.3 Å². The van der Waals surface area contributed by atoms with Crippen molar-refractivity contribution in [2.75, 3.05) is 37.5 Å². The molecule has 0 saturated heterocycles. The maximum absolute atomic E-state index is 12.4. The van der Waals surface area contributed by atoms with Crippen molar-refractivity contribution in [3.05, 3.63) is 59.7 Å². The molecule has 1 N–H and O–H groups in total. The highest BCUT2D eigenvalue weighted by Crippen LogP contribution is 2.18. The third-order valence-corrected chi connectivity index (χ3v) is 6.85. The fourth-order valence-corrected chi connectivity index (χ4v) is 4.56. The van der Waals surface area contributed by atoms with Gasteiger partial charge in [0.15, 0.2) is 9.84 Å². The van der Waals surface area contributed by atoms with Crippen LogP contribution >= 0.6 is 0 Å². The summed E-state index contributed by atoms with van der Waals surface area (Å²) in [7, 11) is -1.44. The molecule has 0 heterocycles. The summed E-state index contributed by atoms with van der Waals surface area (Å²) in [6.45, 7) is 2.50. The average Bonchev–Trinajstić information content (AvgIpc) is 2.78. The summed E-state index contributed by atoms with van der Waals surface area (Å²) in [5.41, 5.74) is 2.83. The molecule has 0 aliphatic carbocycles. The summed E-state index contributed by atoms with van der Waals surface area (Å²) < 4.78 is 29.9. The van der Waals surface area contributed by atoms with E-state index in [1.165, 1.54) is 0 Å². The quantitative estimate of drug-likeness (QED) is 0.275. The van der Waals surface area contributed by atoms with E-state index in [-0.39, 0.29) is 24.9 Å². The molecule has 0 aromatic heterocycles. The number of aliphatic hydroxyl groups excluding tert-OH is 1. The fourth-order valence-electron chi connectivity index (χ4n) is 3.19. The Hall–Kier alpha value is -2.64. The van der Waals surface area contributed by atoms with Gasteiger partial charge in [-0.3, -0.25) is 4.79 Å². The van der Waals surface area contributed by atoms with Crippen molar-refractivity contribution in [2.24, 2.45) is 0 Å². The van der Waals surface area contributed by atoms with Crippen molar-refractivity contribution < 1.29 is 23.1 Å². The van der Waals surface area contributed by atoms with E-state index < -0.39 is 9.84 Å². The van der Waals surface area contributed by atoms with Crippen LogP contribution in [0.25, 0.3) is 12.2 Å². The predicted molar refractivity (Wildman–Crippen MR) is 129 cm³/mol. The van der Waals surface area contributed by atoms with Crippen molar-refractivity contribution in [1.29, 1.82) is 0 Å². The van der Waals surface area contributed by atoms with Gasteiger partial charge in [-0.1, -0.05) is 49.3 Å². The van der Waals surface area contributed by atoms with Crippen LogP contribution in [0.3, 0.4) is 0 Å². The third-order valence-electron chi connectivity index (χ3n) is 5.03. The molecular weight excluding hydrogens is 426 g/mol. The summed E-state index contributed by atoms with van der Waals surface area (Å²) in [4.78, 5) is 13.8. The Morgan fingerprint density at radius 2 is 1.50 bits per heavy atom. The number of sulfone groups is 1. The number of benzene rings is 2. The fraction of sp³-hybridized carbons (Fsp3) is 0.400. The molecule has 2 rings (SSSR count). The molecule has 0 spiro atoms. The van der Waals surface area contributed by atoms with E-state index in [1.54, 1.807) is 31.2 Å². The molecule has 2 aromatic carbocycles. The Labute approximate surface area is 191 Å². The number of aliphatic hydroxyl groups is 1. The first-order valence-electron chi connectivity index (χ1n) is 10.9. The number of unbranched alkanes of at least 4 members (excludes halogenated alkanes) is 3. The minimum atomic E-state index is -3.28. The van der Waals surface area contributed by atoms with Gasteiger partial charge in [0.2, 0.25) is 0 Å². The number of hydrogen-bond donors (Lipinski definition) is 1. The minimum absolute atomic E-state index is 0.130. The van der Waals surface area contributed by atoms with Gasteiger partial charge in [0, 0.05) is 19.3 Å². The average molecular weight is 460 g/mol. The van der Waals surface area contributed by atoms with Crippen LogP contribution < -0.4 is 4.90 Å². The van der Waals surface area contributed by atoms with Crippen molar-refractivity contribution in [3.63, 3.8) is 0 Å². The second-order valence-electron chi connectivity index (χ2n) is 7.61. The summed E-state index contributed by atoms with van der Waals surface area (Å²) in [5, 5.41) is 8.78. The SMILES string of the molecule is CCOC(=O)CN(C)c1ccc(/C=C/c2ccc(S(=O)(=O)CCCCCCO)cc2)cc1. The number of rotatable bonds is 13. The van der Waals surface area contributed by atoms with Crippen LogP contribution in [0, 0.1) is 0 Å². The highest BCUT2D eigenvalue weighted by atomic mass is 32.2. The van der Waals surface area contributed by atoms with Gasteiger partial charge in [0.25, 0.3) is 0 Å². The highest BCUT2D eigenvalue weighted by molar-refractivity contribution is 7.91. The molecule has 174 valence electrons. The molecule has 6 nitrogen and oxygen atoms in total. The van der Waals surface area contributed by atoms with Gasteiger partial charge in [-0.15, -0.1) is 0 Å². The topological polar surface area (TPSA) is 83.9 Å². The number of hydrogen-bond acceptors (Lipinski definition) is 6. The number of esters is 1. The Kier molecular flexibility index (Phi) is 10.4. The second-order valence-corrected chi connectivity index (χ2v) is 9.72. The lowest BCUT2D eigenvalue weighted by Crippen LogP contribution is -2.26. The Morgan fingerprint density at radius 1 is 0.938 bits per heavy atom. The molecular formula is C25H33NO5S. The molecule has 0 radical (unpaired) electrons. The van der Waals surface area contributed by atoms with Crippen molar-refractivity contribution in [2.45, 2.75) is 37.5 Å². The van der Waals surface area contributed by atoms with E-state index in [4.69, 9.17) is 9.84 Å². The summed E-state index contributed by atoms with van der Waals surface area (Å²) in [5.74, 6) is -0.129. The predicted octanol–water partition coefficient (Wildman–Crippen LogP) is 4.18. The van der Waals surface area contributed by atoms with E-state index in [9.17, 15) is 13.2 Å². The van der Waals surface area contributed by atoms with Gasteiger partial charge >= 0.3 is 5.97 Å². The lowest BCUT2D eigenvalue weighted by atomic mass is 10.1.